The topological polar surface area (TPSA) is 37.4 Å². The van der Waals surface area contributed by atoms with E-state index in [-0.39, 0.29) is 11.8 Å². The lowest BCUT2D eigenvalue weighted by molar-refractivity contribution is -0.136. The Kier molecular flexibility index (Phi) is 5.18. The molecule has 3 aromatic rings. The predicted molar refractivity (Wildman–Crippen MR) is 116 cm³/mol. The maximum absolute atomic E-state index is 12.1. The summed E-state index contributed by atoms with van der Waals surface area (Å²) in [5.41, 5.74) is 0. The molecule has 0 aromatic heterocycles. The SMILES string of the molecule is O=C1C=CC(=O)N1CC[P+](c1ccccc1)(c1ccccc1)c1ccccc1. The Labute approximate surface area is 165 Å². The van der Waals surface area contributed by atoms with Crippen molar-refractivity contribution in [2.75, 3.05) is 12.7 Å². The Morgan fingerprint density at radius 3 is 1.29 bits per heavy atom. The molecule has 0 spiro atoms. The fourth-order valence-electron chi connectivity index (χ4n) is 3.78. The van der Waals surface area contributed by atoms with Crippen LogP contribution in [0.15, 0.2) is 103 Å². The molecule has 0 bridgehead atoms. The van der Waals surface area contributed by atoms with Crippen LogP contribution in [0.4, 0.5) is 0 Å². The Balaban J connectivity index is 1.86. The van der Waals surface area contributed by atoms with Crippen molar-refractivity contribution in [3.63, 3.8) is 0 Å². The highest BCUT2D eigenvalue weighted by Crippen LogP contribution is 2.55. The highest BCUT2D eigenvalue weighted by atomic mass is 31.2. The number of nitrogens with zero attached hydrogens (tertiary/aromatic N) is 1. The van der Waals surface area contributed by atoms with E-state index >= 15 is 0 Å². The first-order chi connectivity index (χ1) is 13.7. The maximum atomic E-state index is 12.1. The fraction of sp³-hybridized carbons (Fsp3) is 0.0833. The van der Waals surface area contributed by atoms with Gasteiger partial charge in [0.05, 0.1) is 12.7 Å². The minimum Gasteiger partial charge on any atom is -0.272 e. The second kappa shape index (κ2) is 7.92. The largest absolute Gasteiger partial charge is 0.272 e. The van der Waals surface area contributed by atoms with Gasteiger partial charge in [-0.25, -0.2) is 0 Å². The molecule has 2 amide bonds. The first kappa shape index (κ1) is 18.3. The van der Waals surface area contributed by atoms with E-state index in [2.05, 4.69) is 72.8 Å². The van der Waals surface area contributed by atoms with E-state index in [1.165, 1.54) is 33.0 Å². The molecule has 3 nitrogen and oxygen atoms in total. The molecule has 0 N–H and O–H groups in total. The summed E-state index contributed by atoms with van der Waals surface area (Å²) < 4.78 is 0. The molecular formula is C24H21NO2P+. The first-order valence-corrected chi connectivity index (χ1v) is 11.3. The Bertz CT molecular complexity index is 886. The van der Waals surface area contributed by atoms with Gasteiger partial charge >= 0.3 is 0 Å². The van der Waals surface area contributed by atoms with E-state index < -0.39 is 7.26 Å². The van der Waals surface area contributed by atoms with Crippen molar-refractivity contribution in [1.29, 1.82) is 0 Å². The number of carbonyl (C=O) groups excluding carboxylic acids is 2. The van der Waals surface area contributed by atoms with Crippen molar-refractivity contribution < 1.29 is 9.59 Å². The lowest BCUT2D eigenvalue weighted by Crippen LogP contribution is -2.39. The molecule has 0 unspecified atom stereocenters. The van der Waals surface area contributed by atoms with Gasteiger partial charge in [-0.15, -0.1) is 0 Å². The molecule has 4 heteroatoms. The average molecular weight is 386 g/mol. The van der Waals surface area contributed by atoms with Crippen LogP contribution in [-0.4, -0.2) is 29.4 Å². The Hall–Kier alpha value is -3.03. The van der Waals surface area contributed by atoms with Crippen molar-refractivity contribution in [3.05, 3.63) is 103 Å². The van der Waals surface area contributed by atoms with Gasteiger partial charge in [0.15, 0.2) is 0 Å². The quantitative estimate of drug-likeness (QED) is 0.483. The number of benzene rings is 3. The van der Waals surface area contributed by atoms with Crippen LogP contribution in [-0.2, 0) is 9.59 Å². The van der Waals surface area contributed by atoms with Crippen LogP contribution in [0.1, 0.15) is 0 Å². The second-order valence-corrected chi connectivity index (χ2v) is 10.3. The molecule has 0 saturated carbocycles. The third-order valence-electron chi connectivity index (χ3n) is 5.15. The van der Waals surface area contributed by atoms with E-state index in [4.69, 9.17) is 0 Å². The van der Waals surface area contributed by atoms with Crippen molar-refractivity contribution in [2.45, 2.75) is 0 Å². The number of hydrogen-bond donors (Lipinski definition) is 0. The zero-order chi connectivity index (χ0) is 19.4. The van der Waals surface area contributed by atoms with E-state index in [0.29, 0.717) is 12.7 Å². The predicted octanol–water partition coefficient (Wildman–Crippen LogP) is 2.91. The molecule has 138 valence electrons. The van der Waals surface area contributed by atoms with Crippen molar-refractivity contribution in [1.82, 2.24) is 4.90 Å². The van der Waals surface area contributed by atoms with Crippen molar-refractivity contribution in [2.24, 2.45) is 0 Å². The van der Waals surface area contributed by atoms with Gasteiger partial charge in [-0.3, -0.25) is 14.5 Å². The summed E-state index contributed by atoms with van der Waals surface area (Å²) >= 11 is 0. The molecule has 0 fully saturated rings. The van der Waals surface area contributed by atoms with Gasteiger partial charge in [-0.1, -0.05) is 54.6 Å². The van der Waals surface area contributed by atoms with Crippen molar-refractivity contribution in [3.8, 4) is 0 Å². The fourth-order valence-corrected chi connectivity index (χ4v) is 8.00. The highest BCUT2D eigenvalue weighted by Gasteiger charge is 2.46. The molecule has 0 aliphatic carbocycles. The molecule has 0 atom stereocenters. The van der Waals surface area contributed by atoms with Gasteiger partial charge in [0.1, 0.15) is 23.2 Å². The van der Waals surface area contributed by atoms with Crippen LogP contribution >= 0.6 is 7.26 Å². The normalized spacial score (nSPS) is 13.9. The van der Waals surface area contributed by atoms with Gasteiger partial charge in [0.25, 0.3) is 11.8 Å². The monoisotopic (exact) mass is 386 g/mol. The van der Waals surface area contributed by atoms with Crippen LogP contribution in [0.2, 0.25) is 0 Å². The summed E-state index contributed by atoms with van der Waals surface area (Å²) in [5.74, 6) is -0.449. The summed E-state index contributed by atoms with van der Waals surface area (Å²) in [5, 5.41) is 3.75. The number of amides is 2. The van der Waals surface area contributed by atoms with Gasteiger partial charge in [0, 0.05) is 12.2 Å². The number of hydrogen-bond acceptors (Lipinski definition) is 2. The molecule has 1 aliphatic rings. The van der Waals surface area contributed by atoms with Crippen LogP contribution in [0.3, 0.4) is 0 Å². The molecule has 3 aromatic carbocycles. The standard InChI is InChI=1S/C24H21NO2P/c26-23-16-17-24(27)25(23)18-19-28(20-10-4-1-5-11-20,21-12-6-2-7-13-21)22-14-8-3-9-15-22/h1-17H,18-19H2/q+1. The average Bonchev–Trinajstić information content (AvgIpc) is 3.08. The molecule has 0 radical (unpaired) electrons. The van der Waals surface area contributed by atoms with E-state index in [1.54, 1.807) is 0 Å². The van der Waals surface area contributed by atoms with E-state index in [9.17, 15) is 9.59 Å². The zero-order valence-electron chi connectivity index (χ0n) is 15.4. The summed E-state index contributed by atoms with van der Waals surface area (Å²) in [4.78, 5) is 25.6. The lowest BCUT2D eigenvalue weighted by atomic mass is 10.4. The molecule has 4 rings (SSSR count). The van der Waals surface area contributed by atoms with Gasteiger partial charge in [-0.2, -0.15) is 0 Å². The van der Waals surface area contributed by atoms with E-state index in [1.807, 2.05) is 18.2 Å². The van der Waals surface area contributed by atoms with Crippen molar-refractivity contribution >= 4 is 35.0 Å². The third-order valence-corrected chi connectivity index (χ3v) is 9.56. The van der Waals surface area contributed by atoms with Crippen LogP contribution in [0.25, 0.3) is 0 Å². The van der Waals surface area contributed by atoms with Crippen LogP contribution in [0.5, 0.6) is 0 Å². The van der Waals surface area contributed by atoms with Gasteiger partial charge in [0.2, 0.25) is 0 Å². The minimum absolute atomic E-state index is 0.225. The van der Waals surface area contributed by atoms with Gasteiger partial charge in [-0.05, 0) is 36.4 Å². The highest BCUT2D eigenvalue weighted by molar-refractivity contribution is 7.95. The second-order valence-electron chi connectivity index (χ2n) is 6.70. The van der Waals surface area contributed by atoms with Gasteiger partial charge < -0.3 is 0 Å². The lowest BCUT2D eigenvalue weighted by Gasteiger charge is -2.29. The minimum atomic E-state index is -2.03. The zero-order valence-corrected chi connectivity index (χ0v) is 16.3. The summed E-state index contributed by atoms with van der Waals surface area (Å²) in [6.45, 7) is 0.400. The third kappa shape index (κ3) is 3.30. The Morgan fingerprint density at radius 1 is 0.571 bits per heavy atom. The van der Waals surface area contributed by atoms with Crippen LogP contribution in [0, 0.1) is 0 Å². The molecule has 28 heavy (non-hydrogen) atoms. The summed E-state index contributed by atoms with van der Waals surface area (Å²) in [7, 11) is -2.03. The summed E-state index contributed by atoms with van der Waals surface area (Å²) in [6.07, 6.45) is 3.43. The number of rotatable bonds is 6. The smallest absolute Gasteiger partial charge is 0.253 e. The van der Waals surface area contributed by atoms with Crippen LogP contribution < -0.4 is 15.9 Å². The maximum Gasteiger partial charge on any atom is 0.253 e. The molecule has 1 heterocycles. The first-order valence-electron chi connectivity index (χ1n) is 9.30. The molecule has 0 saturated heterocycles. The Morgan fingerprint density at radius 2 is 0.929 bits per heavy atom. The molecule has 1 aliphatic heterocycles. The summed E-state index contributed by atoms with van der Waals surface area (Å²) in [6, 6.07) is 31.4. The molecular weight excluding hydrogens is 365 g/mol. The van der Waals surface area contributed by atoms with E-state index in [0.717, 1.165) is 0 Å². The number of carbonyl (C=O) groups is 2. The number of imide groups is 1.